The molecule has 5 nitrogen and oxygen atoms in total. The first-order valence-corrected chi connectivity index (χ1v) is 8.31. The molecule has 5 heteroatoms. The van der Waals surface area contributed by atoms with Crippen molar-refractivity contribution in [2.45, 2.75) is 38.6 Å². The summed E-state index contributed by atoms with van der Waals surface area (Å²) in [5, 5.41) is 0. The van der Waals surface area contributed by atoms with Crippen LogP contribution < -0.4 is 15.2 Å². The Morgan fingerprint density at radius 1 is 1.26 bits per heavy atom. The van der Waals surface area contributed by atoms with Crippen LogP contribution in [0, 0.1) is 5.92 Å². The van der Waals surface area contributed by atoms with Gasteiger partial charge in [-0.05, 0) is 42.9 Å². The van der Waals surface area contributed by atoms with Gasteiger partial charge in [-0.2, -0.15) is 0 Å². The molecule has 1 aliphatic rings. The lowest BCUT2D eigenvalue weighted by molar-refractivity contribution is -0.133. The van der Waals surface area contributed by atoms with Crippen LogP contribution in [0.1, 0.15) is 31.7 Å². The average molecular weight is 320 g/mol. The quantitative estimate of drug-likeness (QED) is 0.873. The van der Waals surface area contributed by atoms with Gasteiger partial charge in [0.2, 0.25) is 5.91 Å². The summed E-state index contributed by atoms with van der Waals surface area (Å²) in [6.45, 7) is 3.50. The molecule has 1 aromatic rings. The van der Waals surface area contributed by atoms with Gasteiger partial charge in [0.15, 0.2) is 11.5 Å². The maximum atomic E-state index is 12.2. The van der Waals surface area contributed by atoms with Crippen LogP contribution in [0.5, 0.6) is 11.5 Å². The number of amides is 1. The van der Waals surface area contributed by atoms with Gasteiger partial charge in [0.05, 0.1) is 14.2 Å². The van der Waals surface area contributed by atoms with E-state index in [-0.39, 0.29) is 11.9 Å². The highest BCUT2D eigenvalue weighted by molar-refractivity contribution is 5.76. The van der Waals surface area contributed by atoms with Crippen molar-refractivity contribution < 1.29 is 14.3 Å². The monoisotopic (exact) mass is 320 g/mol. The van der Waals surface area contributed by atoms with Crippen LogP contribution in [0.3, 0.4) is 0 Å². The van der Waals surface area contributed by atoms with E-state index in [1.807, 2.05) is 24.0 Å². The second kappa shape index (κ2) is 8.20. The summed E-state index contributed by atoms with van der Waals surface area (Å²) in [6, 6.07) is 6.06. The Morgan fingerprint density at radius 3 is 2.65 bits per heavy atom. The van der Waals surface area contributed by atoms with Gasteiger partial charge in [0.1, 0.15) is 0 Å². The standard InChI is InChI=1S/C18H28N2O3/c1-4-5-18(21)20-11-14(9-15(19)12-20)8-13-6-7-16(22-2)17(10-13)23-3/h6-7,10,14-15H,4-5,8-9,11-12,19H2,1-3H3. The first-order valence-electron chi connectivity index (χ1n) is 8.31. The van der Waals surface area contributed by atoms with E-state index in [0.29, 0.717) is 18.9 Å². The van der Waals surface area contributed by atoms with Crippen LogP contribution in [0.25, 0.3) is 0 Å². The SMILES string of the molecule is CCCC(=O)N1CC(N)CC(Cc2ccc(OC)c(OC)c2)C1. The van der Waals surface area contributed by atoms with E-state index in [0.717, 1.165) is 37.3 Å². The van der Waals surface area contributed by atoms with Crippen molar-refractivity contribution in [2.24, 2.45) is 11.7 Å². The topological polar surface area (TPSA) is 64.8 Å². The summed E-state index contributed by atoms with van der Waals surface area (Å²) < 4.78 is 10.6. The maximum absolute atomic E-state index is 12.2. The Morgan fingerprint density at radius 2 is 2.00 bits per heavy atom. The van der Waals surface area contributed by atoms with Crippen molar-refractivity contribution in [3.63, 3.8) is 0 Å². The molecule has 1 amide bonds. The van der Waals surface area contributed by atoms with E-state index >= 15 is 0 Å². The molecule has 1 aliphatic heterocycles. The maximum Gasteiger partial charge on any atom is 0.222 e. The van der Waals surface area contributed by atoms with Crippen molar-refractivity contribution >= 4 is 5.91 Å². The minimum absolute atomic E-state index is 0.0645. The molecule has 0 saturated carbocycles. The zero-order valence-corrected chi connectivity index (χ0v) is 14.4. The Balaban J connectivity index is 2.05. The molecule has 1 heterocycles. The normalized spacial score (nSPS) is 21.1. The molecule has 1 aromatic carbocycles. The van der Waals surface area contributed by atoms with Gasteiger partial charge in [0.25, 0.3) is 0 Å². The first kappa shape index (κ1) is 17.6. The number of methoxy groups -OCH3 is 2. The lowest BCUT2D eigenvalue weighted by Gasteiger charge is -2.36. The van der Waals surface area contributed by atoms with E-state index in [1.54, 1.807) is 14.2 Å². The van der Waals surface area contributed by atoms with E-state index in [4.69, 9.17) is 15.2 Å². The molecule has 0 aliphatic carbocycles. The highest BCUT2D eigenvalue weighted by atomic mass is 16.5. The van der Waals surface area contributed by atoms with E-state index in [1.165, 1.54) is 5.56 Å². The number of hydrogen-bond acceptors (Lipinski definition) is 4. The van der Waals surface area contributed by atoms with Gasteiger partial charge in [-0.25, -0.2) is 0 Å². The lowest BCUT2D eigenvalue weighted by atomic mass is 9.88. The number of likely N-dealkylation sites (tertiary alicyclic amines) is 1. The third-order valence-electron chi connectivity index (χ3n) is 4.36. The fourth-order valence-corrected chi connectivity index (χ4v) is 3.31. The van der Waals surface area contributed by atoms with Crippen LogP contribution in [0.15, 0.2) is 18.2 Å². The van der Waals surface area contributed by atoms with Crippen LogP contribution in [-0.4, -0.2) is 44.2 Å². The molecule has 128 valence electrons. The fourth-order valence-electron chi connectivity index (χ4n) is 3.31. The molecule has 2 atom stereocenters. The predicted octanol–water partition coefficient (Wildman–Crippen LogP) is 2.22. The van der Waals surface area contributed by atoms with Crippen molar-refractivity contribution in [2.75, 3.05) is 27.3 Å². The van der Waals surface area contributed by atoms with Crippen LogP contribution in [0.4, 0.5) is 0 Å². The van der Waals surface area contributed by atoms with Gasteiger partial charge >= 0.3 is 0 Å². The number of nitrogens with two attached hydrogens (primary N) is 1. The zero-order chi connectivity index (χ0) is 16.8. The second-order valence-electron chi connectivity index (χ2n) is 6.30. The van der Waals surface area contributed by atoms with Crippen molar-refractivity contribution in [1.82, 2.24) is 4.90 Å². The summed E-state index contributed by atoms with van der Waals surface area (Å²) in [5.41, 5.74) is 7.35. The Labute approximate surface area is 138 Å². The number of piperidine rings is 1. The predicted molar refractivity (Wildman–Crippen MR) is 90.8 cm³/mol. The molecule has 0 aromatic heterocycles. The van der Waals surface area contributed by atoms with Crippen LogP contribution in [0.2, 0.25) is 0 Å². The van der Waals surface area contributed by atoms with Gasteiger partial charge < -0.3 is 20.1 Å². The summed E-state index contributed by atoms with van der Waals surface area (Å²) in [4.78, 5) is 14.1. The average Bonchev–Trinajstić information content (AvgIpc) is 2.54. The van der Waals surface area contributed by atoms with Crippen LogP contribution in [-0.2, 0) is 11.2 Å². The fraction of sp³-hybridized carbons (Fsp3) is 0.611. The smallest absolute Gasteiger partial charge is 0.222 e. The third-order valence-corrected chi connectivity index (χ3v) is 4.36. The summed E-state index contributed by atoms with van der Waals surface area (Å²) in [6.07, 6.45) is 3.33. The highest BCUT2D eigenvalue weighted by Crippen LogP contribution is 2.30. The zero-order valence-electron chi connectivity index (χ0n) is 14.4. The number of rotatable bonds is 6. The van der Waals surface area contributed by atoms with Crippen molar-refractivity contribution in [3.05, 3.63) is 23.8 Å². The molecular weight excluding hydrogens is 292 g/mol. The minimum Gasteiger partial charge on any atom is -0.493 e. The molecule has 1 fully saturated rings. The number of benzene rings is 1. The highest BCUT2D eigenvalue weighted by Gasteiger charge is 2.27. The van der Waals surface area contributed by atoms with Gasteiger partial charge in [-0.1, -0.05) is 13.0 Å². The largest absolute Gasteiger partial charge is 0.493 e. The number of carbonyl (C=O) groups excluding carboxylic acids is 1. The molecule has 2 N–H and O–H groups in total. The van der Waals surface area contributed by atoms with Crippen LogP contribution >= 0.6 is 0 Å². The Hall–Kier alpha value is -1.75. The van der Waals surface area contributed by atoms with Gasteiger partial charge in [-0.15, -0.1) is 0 Å². The number of carbonyl (C=O) groups is 1. The number of ether oxygens (including phenoxy) is 2. The molecular formula is C18H28N2O3. The minimum atomic E-state index is 0.0645. The first-order chi connectivity index (χ1) is 11.1. The molecule has 2 unspecified atom stereocenters. The third kappa shape index (κ3) is 4.61. The molecule has 1 saturated heterocycles. The summed E-state index contributed by atoms with van der Waals surface area (Å²) in [7, 11) is 3.28. The van der Waals surface area contributed by atoms with Crippen molar-refractivity contribution in [1.29, 1.82) is 0 Å². The lowest BCUT2D eigenvalue weighted by Crippen LogP contribution is -2.49. The molecule has 0 radical (unpaired) electrons. The molecule has 0 bridgehead atoms. The van der Waals surface area contributed by atoms with E-state index in [9.17, 15) is 4.79 Å². The van der Waals surface area contributed by atoms with Gasteiger partial charge in [-0.3, -0.25) is 4.79 Å². The Kier molecular flexibility index (Phi) is 6.28. The second-order valence-corrected chi connectivity index (χ2v) is 6.30. The summed E-state index contributed by atoms with van der Waals surface area (Å²) in [5.74, 6) is 2.08. The van der Waals surface area contributed by atoms with E-state index < -0.39 is 0 Å². The Bertz CT molecular complexity index is 533. The molecule has 23 heavy (non-hydrogen) atoms. The molecule has 2 rings (SSSR count). The van der Waals surface area contributed by atoms with Gasteiger partial charge in [0, 0.05) is 25.6 Å². The number of hydrogen-bond donors (Lipinski definition) is 1. The van der Waals surface area contributed by atoms with Crippen molar-refractivity contribution in [3.8, 4) is 11.5 Å². The van der Waals surface area contributed by atoms with E-state index in [2.05, 4.69) is 6.07 Å². The molecule has 0 spiro atoms. The number of nitrogens with zero attached hydrogens (tertiary/aromatic N) is 1. The summed E-state index contributed by atoms with van der Waals surface area (Å²) >= 11 is 0.